The molecule has 0 unspecified atom stereocenters. The third-order valence-corrected chi connectivity index (χ3v) is 2.80. The van der Waals surface area contributed by atoms with Crippen LogP contribution in [0.5, 0.6) is 0 Å². The van der Waals surface area contributed by atoms with Gasteiger partial charge < -0.3 is 14.2 Å². The number of hydrogen-bond acceptors (Lipinski definition) is 9. The molecule has 0 radical (unpaired) electrons. The average molecular weight is 344 g/mol. The first-order chi connectivity index (χ1) is 11.1. The number of carbonyl (C=O) groups excluding carboxylic acids is 6. The van der Waals surface area contributed by atoms with E-state index in [0.717, 1.165) is 20.8 Å². The Hall–Kier alpha value is -2.58. The number of rotatable bonds is 10. The van der Waals surface area contributed by atoms with E-state index in [9.17, 15) is 28.8 Å². The first kappa shape index (κ1) is 21.4. The number of esters is 3. The van der Waals surface area contributed by atoms with Crippen LogP contribution < -0.4 is 0 Å². The Balaban J connectivity index is 5.56. The van der Waals surface area contributed by atoms with Crippen LogP contribution in [0.2, 0.25) is 0 Å². The van der Waals surface area contributed by atoms with E-state index in [2.05, 4.69) is 14.2 Å². The normalized spacial score (nSPS) is 10.5. The Morgan fingerprint density at radius 2 is 0.875 bits per heavy atom. The molecule has 0 amide bonds. The van der Waals surface area contributed by atoms with Crippen molar-refractivity contribution in [2.45, 2.75) is 34.1 Å². The van der Waals surface area contributed by atoms with E-state index in [1.807, 2.05) is 0 Å². The Kier molecular flexibility index (Phi) is 8.51. The summed E-state index contributed by atoms with van der Waals surface area (Å²) in [5, 5.41) is 0. The van der Waals surface area contributed by atoms with Crippen LogP contribution in [-0.4, -0.2) is 55.1 Å². The van der Waals surface area contributed by atoms with Gasteiger partial charge in [0.05, 0.1) is 0 Å². The molecule has 9 nitrogen and oxygen atoms in total. The van der Waals surface area contributed by atoms with E-state index in [1.165, 1.54) is 6.92 Å². The quantitative estimate of drug-likeness (QED) is 0.300. The van der Waals surface area contributed by atoms with Gasteiger partial charge >= 0.3 is 17.9 Å². The Bertz CT molecular complexity index is 473. The summed E-state index contributed by atoms with van der Waals surface area (Å²) in [6.45, 7) is 2.79. The Morgan fingerprint density at radius 3 is 1.04 bits per heavy atom. The van der Waals surface area contributed by atoms with Crippen molar-refractivity contribution in [3.05, 3.63) is 0 Å². The smallest absolute Gasteiger partial charge is 0.335 e. The molecule has 0 N–H and O–H groups in total. The van der Waals surface area contributed by atoms with Gasteiger partial charge in [-0.15, -0.1) is 0 Å². The number of hydrogen-bond donors (Lipinski definition) is 0. The lowest BCUT2D eigenvalue weighted by Gasteiger charge is -2.25. The molecule has 0 bridgehead atoms. The van der Waals surface area contributed by atoms with E-state index in [4.69, 9.17) is 0 Å². The highest BCUT2D eigenvalue weighted by Gasteiger charge is 2.56. The van der Waals surface area contributed by atoms with Gasteiger partial charge in [0.25, 0.3) is 5.41 Å². The molecule has 134 valence electrons. The van der Waals surface area contributed by atoms with Gasteiger partial charge in [-0.05, 0) is 27.2 Å². The van der Waals surface area contributed by atoms with Gasteiger partial charge in [0.15, 0.2) is 17.3 Å². The van der Waals surface area contributed by atoms with Gasteiger partial charge in [0.1, 0.15) is 19.8 Å². The maximum Gasteiger partial charge on any atom is 0.335 e. The fraction of sp³-hybridized carbons (Fsp3) is 0.600. The molecule has 0 aliphatic rings. The van der Waals surface area contributed by atoms with Crippen molar-refractivity contribution in [1.82, 2.24) is 0 Å². The van der Waals surface area contributed by atoms with Crippen LogP contribution in [0.25, 0.3) is 0 Å². The minimum Gasteiger partial charge on any atom is -0.456 e. The van der Waals surface area contributed by atoms with Gasteiger partial charge in [-0.25, -0.2) is 0 Å². The second-order valence-corrected chi connectivity index (χ2v) is 5.09. The first-order valence-electron chi connectivity index (χ1n) is 7.07. The largest absolute Gasteiger partial charge is 0.456 e. The van der Waals surface area contributed by atoms with E-state index in [0.29, 0.717) is 0 Å². The highest BCUT2D eigenvalue weighted by atomic mass is 16.6. The molecular weight excluding hydrogens is 324 g/mol. The second kappa shape index (κ2) is 9.53. The third-order valence-electron chi connectivity index (χ3n) is 2.80. The van der Waals surface area contributed by atoms with Crippen LogP contribution in [0.1, 0.15) is 34.1 Å². The zero-order valence-corrected chi connectivity index (χ0v) is 14.0. The van der Waals surface area contributed by atoms with Crippen LogP contribution >= 0.6 is 0 Å². The van der Waals surface area contributed by atoms with Crippen LogP contribution in [-0.2, 0) is 43.0 Å². The zero-order valence-electron chi connectivity index (χ0n) is 14.0. The molecule has 0 aliphatic heterocycles. The fourth-order valence-corrected chi connectivity index (χ4v) is 1.55. The molecule has 0 rings (SSSR count). The standard InChI is InChI=1S/C15H20O9/c1-5-15(12(19)22-6-9(2)16,13(20)23-7-10(3)17)14(21)24-8-11(4)18/h5-8H2,1-4H3. The van der Waals surface area contributed by atoms with Crippen molar-refractivity contribution in [2.24, 2.45) is 5.41 Å². The van der Waals surface area contributed by atoms with Crippen molar-refractivity contribution < 1.29 is 43.0 Å². The first-order valence-corrected chi connectivity index (χ1v) is 7.07. The SMILES string of the molecule is CCC(C(=O)OCC(C)=O)(C(=O)OCC(C)=O)C(=O)OCC(C)=O. The molecule has 0 aromatic heterocycles. The van der Waals surface area contributed by atoms with Gasteiger partial charge in [-0.1, -0.05) is 6.92 Å². The second-order valence-electron chi connectivity index (χ2n) is 5.09. The van der Waals surface area contributed by atoms with E-state index >= 15 is 0 Å². The lowest BCUT2D eigenvalue weighted by molar-refractivity contribution is -0.186. The summed E-state index contributed by atoms with van der Waals surface area (Å²) in [4.78, 5) is 69.5. The van der Waals surface area contributed by atoms with Crippen LogP contribution in [0.15, 0.2) is 0 Å². The molecule has 0 fully saturated rings. The molecule has 0 heterocycles. The maximum atomic E-state index is 12.2. The zero-order chi connectivity index (χ0) is 18.9. The summed E-state index contributed by atoms with van der Waals surface area (Å²) in [6.07, 6.45) is -0.406. The van der Waals surface area contributed by atoms with Crippen LogP contribution in [0.4, 0.5) is 0 Å². The van der Waals surface area contributed by atoms with Gasteiger partial charge in [0.2, 0.25) is 0 Å². The Labute approximate surface area is 138 Å². The lowest BCUT2D eigenvalue weighted by Crippen LogP contribution is -2.50. The summed E-state index contributed by atoms with van der Waals surface area (Å²) < 4.78 is 14.0. The fourth-order valence-electron chi connectivity index (χ4n) is 1.55. The highest BCUT2D eigenvalue weighted by molar-refractivity contribution is 6.18. The lowest BCUT2D eigenvalue weighted by atomic mass is 9.85. The molecule has 0 atom stereocenters. The molecule has 0 spiro atoms. The number of carbonyl (C=O) groups is 6. The summed E-state index contributed by atoms with van der Waals surface area (Å²) in [7, 11) is 0. The number of ketones is 3. The van der Waals surface area contributed by atoms with Crippen molar-refractivity contribution >= 4 is 35.3 Å². The van der Waals surface area contributed by atoms with Crippen LogP contribution in [0.3, 0.4) is 0 Å². The predicted molar refractivity (Wildman–Crippen MR) is 77.6 cm³/mol. The summed E-state index contributed by atoms with van der Waals surface area (Å²) in [5.41, 5.74) is -2.51. The molecule has 24 heavy (non-hydrogen) atoms. The van der Waals surface area contributed by atoms with E-state index in [-0.39, 0.29) is 0 Å². The monoisotopic (exact) mass is 344 g/mol. The number of Topliss-reactive ketones (excluding diaryl/α,β-unsaturated/α-hetero) is 3. The van der Waals surface area contributed by atoms with Crippen molar-refractivity contribution in [2.75, 3.05) is 19.8 Å². The van der Waals surface area contributed by atoms with Gasteiger partial charge in [0, 0.05) is 0 Å². The predicted octanol–water partition coefficient (Wildman–Crippen LogP) is -0.221. The minimum atomic E-state index is -2.51. The third kappa shape index (κ3) is 5.90. The summed E-state index contributed by atoms with van der Waals surface area (Å²) >= 11 is 0. The van der Waals surface area contributed by atoms with Crippen molar-refractivity contribution in [3.8, 4) is 0 Å². The molecule has 9 heteroatoms. The van der Waals surface area contributed by atoms with Crippen molar-refractivity contribution in [3.63, 3.8) is 0 Å². The maximum absolute atomic E-state index is 12.2. The topological polar surface area (TPSA) is 130 Å². The van der Waals surface area contributed by atoms with Crippen molar-refractivity contribution in [1.29, 1.82) is 0 Å². The molecule has 0 saturated heterocycles. The molecule has 0 aromatic rings. The summed E-state index contributed by atoms with van der Waals surface area (Å²) in [6, 6.07) is 0. The van der Waals surface area contributed by atoms with Crippen LogP contribution in [0, 0.1) is 5.41 Å². The van der Waals surface area contributed by atoms with E-state index in [1.54, 1.807) is 0 Å². The molecule has 0 aromatic carbocycles. The highest BCUT2D eigenvalue weighted by Crippen LogP contribution is 2.28. The molecule has 0 saturated carbocycles. The average Bonchev–Trinajstić information content (AvgIpc) is 2.49. The Morgan fingerprint density at radius 1 is 0.625 bits per heavy atom. The number of ether oxygens (including phenoxy) is 3. The molecule has 0 aliphatic carbocycles. The van der Waals surface area contributed by atoms with E-state index < -0.39 is 66.9 Å². The van der Waals surface area contributed by atoms with Gasteiger partial charge in [-0.2, -0.15) is 0 Å². The summed E-state index contributed by atoms with van der Waals surface area (Å²) in [5.74, 6) is -5.57. The minimum absolute atomic E-state index is 0.406. The molecular formula is C15H20O9. The van der Waals surface area contributed by atoms with Gasteiger partial charge in [-0.3, -0.25) is 28.8 Å².